The Hall–Kier alpha value is -1.31. The molecule has 0 aliphatic carbocycles. The molecule has 1 rings (SSSR count). The Morgan fingerprint density at radius 3 is 2.04 bits per heavy atom. The number of ether oxygens (including phenoxy) is 1. The summed E-state index contributed by atoms with van der Waals surface area (Å²) >= 11 is 0. The summed E-state index contributed by atoms with van der Waals surface area (Å²) in [7, 11) is 0. The maximum Gasteiger partial charge on any atom is 0.306 e. The molecule has 0 saturated heterocycles. The molecule has 0 bridgehead atoms. The molecule has 0 N–H and O–H groups in total. The Balaban J connectivity index is 2.16. The molecule has 0 atom stereocenters. The minimum Gasteiger partial charge on any atom is -0.461 e. The largest absolute Gasteiger partial charge is 0.461 e. The van der Waals surface area contributed by atoms with Crippen molar-refractivity contribution < 1.29 is 9.53 Å². The van der Waals surface area contributed by atoms with E-state index in [1.54, 1.807) is 0 Å². The van der Waals surface area contributed by atoms with Crippen LogP contribution in [0.25, 0.3) is 0 Å². The molecule has 130 valence electrons. The Bertz CT molecular complexity index is 440. The van der Waals surface area contributed by atoms with E-state index in [4.69, 9.17) is 4.74 Å². The predicted molar refractivity (Wildman–Crippen MR) is 97.5 cm³/mol. The van der Waals surface area contributed by atoms with Gasteiger partial charge in [0.15, 0.2) is 0 Å². The monoisotopic (exact) mass is 318 g/mol. The van der Waals surface area contributed by atoms with Gasteiger partial charge in [0.05, 0.1) is 0 Å². The number of carbonyl (C=O) groups is 1. The lowest BCUT2D eigenvalue weighted by molar-refractivity contribution is -0.145. The Morgan fingerprint density at radius 1 is 0.913 bits per heavy atom. The molecule has 0 radical (unpaired) electrons. The molecule has 2 nitrogen and oxygen atoms in total. The molecule has 2 heteroatoms. The maximum absolute atomic E-state index is 11.8. The third kappa shape index (κ3) is 8.78. The van der Waals surface area contributed by atoms with Crippen molar-refractivity contribution in [3.63, 3.8) is 0 Å². The summed E-state index contributed by atoms with van der Waals surface area (Å²) in [6.07, 6.45) is 9.11. The lowest BCUT2D eigenvalue weighted by Crippen LogP contribution is -2.11. The summed E-state index contributed by atoms with van der Waals surface area (Å²) in [4.78, 5) is 11.8. The topological polar surface area (TPSA) is 26.3 Å². The fourth-order valence-electron chi connectivity index (χ4n) is 2.56. The van der Waals surface area contributed by atoms with Gasteiger partial charge in [-0.2, -0.15) is 0 Å². The first-order valence-electron chi connectivity index (χ1n) is 9.18. The van der Waals surface area contributed by atoms with E-state index >= 15 is 0 Å². The fraction of sp³-hybridized carbons (Fsp3) is 0.667. The van der Waals surface area contributed by atoms with E-state index in [0.29, 0.717) is 13.0 Å². The highest BCUT2D eigenvalue weighted by Crippen LogP contribution is 2.22. The van der Waals surface area contributed by atoms with Crippen molar-refractivity contribution >= 4 is 5.97 Å². The molecule has 0 aliphatic heterocycles. The van der Waals surface area contributed by atoms with Crippen LogP contribution in [0.15, 0.2) is 24.3 Å². The van der Waals surface area contributed by atoms with Gasteiger partial charge in [0.25, 0.3) is 0 Å². The SMILES string of the molecule is CCCCCCCCCC(=O)OCc1ccc(C(C)(C)C)cc1. The van der Waals surface area contributed by atoms with Crippen molar-refractivity contribution in [1.29, 1.82) is 0 Å². The van der Waals surface area contributed by atoms with Crippen molar-refractivity contribution in [3.05, 3.63) is 35.4 Å². The number of hydrogen-bond donors (Lipinski definition) is 0. The van der Waals surface area contributed by atoms with Crippen LogP contribution in [-0.2, 0) is 21.6 Å². The summed E-state index contributed by atoms with van der Waals surface area (Å²) in [5, 5.41) is 0. The normalized spacial score (nSPS) is 11.5. The predicted octanol–water partition coefficient (Wildman–Crippen LogP) is 6.17. The van der Waals surface area contributed by atoms with Crippen LogP contribution < -0.4 is 0 Å². The number of esters is 1. The second kappa shape index (κ2) is 10.5. The smallest absolute Gasteiger partial charge is 0.306 e. The highest BCUT2D eigenvalue weighted by Gasteiger charge is 2.13. The van der Waals surface area contributed by atoms with Gasteiger partial charge >= 0.3 is 5.97 Å². The van der Waals surface area contributed by atoms with Crippen molar-refractivity contribution in [2.24, 2.45) is 0 Å². The van der Waals surface area contributed by atoms with E-state index in [0.717, 1.165) is 18.4 Å². The van der Waals surface area contributed by atoms with Crippen molar-refractivity contribution in [2.45, 2.75) is 91.1 Å². The summed E-state index contributed by atoms with van der Waals surface area (Å²) in [5.74, 6) is -0.0709. The molecule has 0 fully saturated rings. The number of carbonyl (C=O) groups excluding carboxylic acids is 1. The highest BCUT2D eigenvalue weighted by molar-refractivity contribution is 5.69. The fourth-order valence-corrected chi connectivity index (χ4v) is 2.56. The van der Waals surface area contributed by atoms with Crippen LogP contribution in [0, 0.1) is 0 Å². The second-order valence-electron chi connectivity index (χ2n) is 7.48. The van der Waals surface area contributed by atoms with Crippen LogP contribution in [0.5, 0.6) is 0 Å². The Labute approximate surface area is 142 Å². The molecule has 0 aliphatic rings. The van der Waals surface area contributed by atoms with Gasteiger partial charge < -0.3 is 4.74 Å². The van der Waals surface area contributed by atoms with Gasteiger partial charge in [-0.15, -0.1) is 0 Å². The molecule has 0 heterocycles. The van der Waals surface area contributed by atoms with E-state index in [-0.39, 0.29) is 11.4 Å². The number of unbranched alkanes of at least 4 members (excludes halogenated alkanes) is 6. The first-order valence-corrected chi connectivity index (χ1v) is 9.18. The quantitative estimate of drug-likeness (QED) is 0.381. The van der Waals surface area contributed by atoms with E-state index in [1.165, 1.54) is 37.7 Å². The molecule has 1 aromatic carbocycles. The van der Waals surface area contributed by atoms with E-state index in [2.05, 4.69) is 52.0 Å². The molecule has 0 aromatic heterocycles. The van der Waals surface area contributed by atoms with Gasteiger partial charge in [-0.1, -0.05) is 90.5 Å². The zero-order chi connectivity index (χ0) is 17.1. The lowest BCUT2D eigenvalue weighted by atomic mass is 9.87. The van der Waals surface area contributed by atoms with Gasteiger partial charge in [0.1, 0.15) is 6.61 Å². The molecule has 0 saturated carbocycles. The zero-order valence-electron chi connectivity index (χ0n) is 15.5. The number of rotatable bonds is 10. The van der Waals surface area contributed by atoms with Crippen molar-refractivity contribution in [3.8, 4) is 0 Å². The van der Waals surface area contributed by atoms with Gasteiger partial charge in [0.2, 0.25) is 0 Å². The molecule has 1 aromatic rings. The standard InChI is InChI=1S/C21H34O2/c1-5-6-7-8-9-10-11-12-20(22)23-17-18-13-15-19(16-14-18)21(2,3)4/h13-16H,5-12,17H2,1-4H3. The first kappa shape index (κ1) is 19.7. The summed E-state index contributed by atoms with van der Waals surface area (Å²) in [6.45, 7) is 9.21. The number of benzene rings is 1. The average molecular weight is 319 g/mol. The maximum atomic E-state index is 11.8. The van der Waals surface area contributed by atoms with Crippen LogP contribution in [0.3, 0.4) is 0 Å². The Morgan fingerprint density at radius 2 is 1.48 bits per heavy atom. The third-order valence-corrected chi connectivity index (χ3v) is 4.20. The van der Waals surface area contributed by atoms with Gasteiger partial charge in [0, 0.05) is 6.42 Å². The number of hydrogen-bond acceptors (Lipinski definition) is 2. The minimum absolute atomic E-state index is 0.0709. The molecule has 23 heavy (non-hydrogen) atoms. The highest BCUT2D eigenvalue weighted by atomic mass is 16.5. The summed E-state index contributed by atoms with van der Waals surface area (Å²) in [6, 6.07) is 8.36. The van der Waals surface area contributed by atoms with Crippen LogP contribution in [0.1, 0.15) is 90.2 Å². The summed E-state index contributed by atoms with van der Waals surface area (Å²) in [5.41, 5.74) is 2.52. The summed E-state index contributed by atoms with van der Waals surface area (Å²) < 4.78 is 5.36. The van der Waals surface area contributed by atoms with E-state index in [9.17, 15) is 4.79 Å². The van der Waals surface area contributed by atoms with Crippen LogP contribution in [-0.4, -0.2) is 5.97 Å². The van der Waals surface area contributed by atoms with Crippen LogP contribution in [0.2, 0.25) is 0 Å². The molecule has 0 amide bonds. The van der Waals surface area contributed by atoms with E-state index in [1.807, 2.05) is 0 Å². The van der Waals surface area contributed by atoms with Crippen LogP contribution in [0.4, 0.5) is 0 Å². The molecule has 0 unspecified atom stereocenters. The first-order chi connectivity index (χ1) is 10.9. The lowest BCUT2D eigenvalue weighted by Gasteiger charge is -2.19. The van der Waals surface area contributed by atoms with Crippen LogP contribution >= 0.6 is 0 Å². The van der Waals surface area contributed by atoms with Gasteiger partial charge in [-0.3, -0.25) is 4.79 Å². The van der Waals surface area contributed by atoms with Gasteiger partial charge in [-0.25, -0.2) is 0 Å². The average Bonchev–Trinajstić information content (AvgIpc) is 2.51. The molecular formula is C21H34O2. The second-order valence-corrected chi connectivity index (χ2v) is 7.48. The van der Waals surface area contributed by atoms with Crippen molar-refractivity contribution in [2.75, 3.05) is 0 Å². The molecular weight excluding hydrogens is 284 g/mol. The third-order valence-electron chi connectivity index (χ3n) is 4.20. The molecule has 0 spiro atoms. The Kier molecular flexibility index (Phi) is 8.98. The van der Waals surface area contributed by atoms with E-state index < -0.39 is 0 Å². The van der Waals surface area contributed by atoms with Crippen molar-refractivity contribution in [1.82, 2.24) is 0 Å². The minimum atomic E-state index is -0.0709. The van der Waals surface area contributed by atoms with Gasteiger partial charge in [-0.05, 0) is 23.0 Å². The zero-order valence-corrected chi connectivity index (χ0v) is 15.5.